The van der Waals surface area contributed by atoms with Crippen LogP contribution in [-0.2, 0) is 4.79 Å². The van der Waals surface area contributed by atoms with Gasteiger partial charge in [-0.1, -0.05) is 0 Å². The maximum atomic E-state index is 12.3. The highest BCUT2D eigenvalue weighted by Crippen LogP contribution is 2.28. The van der Waals surface area contributed by atoms with E-state index in [0.29, 0.717) is 6.54 Å². The summed E-state index contributed by atoms with van der Waals surface area (Å²) in [5, 5.41) is 9.65. The zero-order chi connectivity index (χ0) is 14.2. The Morgan fingerprint density at radius 1 is 1.42 bits per heavy atom. The monoisotopic (exact) mass is 263 g/mol. The molecule has 1 aliphatic rings. The molecule has 0 aromatic carbocycles. The second-order valence-corrected chi connectivity index (χ2v) is 5.56. The lowest BCUT2D eigenvalue weighted by Gasteiger charge is -2.45. The van der Waals surface area contributed by atoms with Gasteiger partial charge >= 0.3 is 0 Å². The highest BCUT2D eigenvalue weighted by atomic mass is 16.3. The molecule has 5 heteroatoms. The number of likely N-dealkylation sites (N-methyl/N-ethyl adjacent to an activating group) is 1. The summed E-state index contributed by atoms with van der Waals surface area (Å²) in [4.78, 5) is 20.3. The summed E-state index contributed by atoms with van der Waals surface area (Å²) >= 11 is 0. The van der Waals surface area contributed by atoms with E-state index in [1.165, 1.54) is 0 Å². The van der Waals surface area contributed by atoms with Crippen molar-refractivity contribution in [2.45, 2.75) is 32.4 Å². The Balaban J connectivity index is 2.36. The minimum Gasteiger partial charge on any atom is -0.389 e. The van der Waals surface area contributed by atoms with E-state index in [2.05, 4.69) is 4.98 Å². The van der Waals surface area contributed by atoms with Crippen LogP contribution in [-0.4, -0.2) is 46.6 Å². The molecule has 1 aliphatic heterocycles. The zero-order valence-electron chi connectivity index (χ0n) is 11.9. The third-order valence-electron chi connectivity index (χ3n) is 3.73. The first-order valence-electron chi connectivity index (χ1n) is 6.51. The summed E-state index contributed by atoms with van der Waals surface area (Å²) in [6.07, 6.45) is 1.14. The van der Waals surface area contributed by atoms with Crippen molar-refractivity contribution in [3.05, 3.63) is 23.9 Å². The minimum atomic E-state index is -0.614. The van der Waals surface area contributed by atoms with Crippen molar-refractivity contribution in [3.63, 3.8) is 0 Å². The van der Waals surface area contributed by atoms with Crippen LogP contribution in [0.4, 0.5) is 5.82 Å². The summed E-state index contributed by atoms with van der Waals surface area (Å²) in [5.41, 5.74) is 0.198. The number of pyridine rings is 1. The van der Waals surface area contributed by atoms with Gasteiger partial charge in [-0.05, 0) is 38.5 Å². The van der Waals surface area contributed by atoms with Gasteiger partial charge in [0.15, 0.2) is 0 Å². The summed E-state index contributed by atoms with van der Waals surface area (Å²) in [6.45, 7) is 6.96. The number of amides is 1. The fraction of sp³-hybridized carbons (Fsp3) is 0.571. The van der Waals surface area contributed by atoms with Crippen LogP contribution >= 0.6 is 0 Å². The van der Waals surface area contributed by atoms with Gasteiger partial charge in [-0.15, -0.1) is 0 Å². The first-order chi connectivity index (χ1) is 8.84. The van der Waals surface area contributed by atoms with Gasteiger partial charge in [0.25, 0.3) is 0 Å². The predicted octanol–water partition coefficient (Wildman–Crippen LogP) is 1.19. The van der Waals surface area contributed by atoms with E-state index in [1.54, 1.807) is 24.1 Å². The zero-order valence-corrected chi connectivity index (χ0v) is 11.9. The first-order valence-corrected chi connectivity index (χ1v) is 6.51. The van der Waals surface area contributed by atoms with E-state index >= 15 is 0 Å². The third kappa shape index (κ3) is 2.42. The summed E-state index contributed by atoms with van der Waals surface area (Å²) in [6, 6.07) is 3.64. The molecule has 2 rings (SSSR count). The molecule has 0 bridgehead atoms. The van der Waals surface area contributed by atoms with Crippen LogP contribution in [0.15, 0.2) is 18.3 Å². The Bertz CT molecular complexity index is 485. The minimum absolute atomic E-state index is 0.0861. The molecule has 0 saturated carbocycles. The van der Waals surface area contributed by atoms with Crippen LogP contribution in [0.5, 0.6) is 0 Å². The van der Waals surface area contributed by atoms with Crippen LogP contribution in [0.2, 0.25) is 0 Å². The average Bonchev–Trinajstić information content (AvgIpc) is 2.36. The average molecular weight is 263 g/mol. The molecule has 0 unspecified atom stereocenters. The molecule has 2 heterocycles. The molecule has 1 aromatic rings. The standard InChI is InChI=1S/C14H21N3O2/c1-10(18)11-5-6-15-12(9-11)17-8-7-16(4)13(19)14(17,2)3/h5-6,9-10,18H,7-8H2,1-4H3/t10-/m0/s1. The van der Waals surface area contributed by atoms with Gasteiger partial charge in [0.2, 0.25) is 5.91 Å². The number of carbonyl (C=O) groups is 1. The van der Waals surface area contributed by atoms with Crippen LogP contribution < -0.4 is 4.90 Å². The second kappa shape index (κ2) is 4.81. The van der Waals surface area contributed by atoms with Crippen molar-refractivity contribution in [1.82, 2.24) is 9.88 Å². The Kier molecular flexibility index (Phi) is 3.49. The number of aromatic nitrogens is 1. The van der Waals surface area contributed by atoms with Crippen molar-refractivity contribution in [3.8, 4) is 0 Å². The van der Waals surface area contributed by atoms with Gasteiger partial charge in [0, 0.05) is 26.3 Å². The van der Waals surface area contributed by atoms with E-state index < -0.39 is 11.6 Å². The molecule has 1 fully saturated rings. The molecule has 0 aliphatic carbocycles. The molecular weight excluding hydrogens is 242 g/mol. The van der Waals surface area contributed by atoms with Crippen molar-refractivity contribution in [1.29, 1.82) is 0 Å². The number of rotatable bonds is 2. The van der Waals surface area contributed by atoms with Gasteiger partial charge in [0.05, 0.1) is 6.10 Å². The second-order valence-electron chi connectivity index (χ2n) is 5.56. The molecule has 1 saturated heterocycles. The highest BCUT2D eigenvalue weighted by Gasteiger charge is 2.41. The SMILES string of the molecule is C[C@H](O)c1ccnc(N2CCN(C)C(=O)C2(C)C)c1. The molecule has 5 nitrogen and oxygen atoms in total. The molecule has 19 heavy (non-hydrogen) atoms. The largest absolute Gasteiger partial charge is 0.389 e. The van der Waals surface area contributed by atoms with Crippen molar-refractivity contribution in [2.75, 3.05) is 25.0 Å². The number of aliphatic hydroxyl groups is 1. The highest BCUT2D eigenvalue weighted by molar-refractivity contribution is 5.90. The van der Waals surface area contributed by atoms with Gasteiger partial charge in [0.1, 0.15) is 11.4 Å². The maximum absolute atomic E-state index is 12.3. The van der Waals surface area contributed by atoms with Crippen LogP contribution in [0.1, 0.15) is 32.4 Å². The van der Waals surface area contributed by atoms with Gasteiger partial charge in [-0.3, -0.25) is 4.79 Å². The van der Waals surface area contributed by atoms with Crippen LogP contribution in [0.25, 0.3) is 0 Å². The van der Waals surface area contributed by atoms with Crippen molar-refractivity contribution < 1.29 is 9.90 Å². The van der Waals surface area contributed by atoms with E-state index in [9.17, 15) is 9.90 Å². The molecule has 1 amide bonds. The maximum Gasteiger partial charge on any atom is 0.247 e. The molecule has 104 valence electrons. The normalized spacial score (nSPS) is 20.6. The number of aliphatic hydroxyl groups excluding tert-OH is 1. The van der Waals surface area contributed by atoms with E-state index in [4.69, 9.17) is 0 Å². The molecular formula is C14H21N3O2. The summed E-state index contributed by atoms with van der Waals surface area (Å²) in [5.74, 6) is 0.827. The fourth-order valence-corrected chi connectivity index (χ4v) is 2.46. The Labute approximate surface area is 113 Å². The topological polar surface area (TPSA) is 56.7 Å². The van der Waals surface area contributed by atoms with Crippen molar-refractivity contribution >= 4 is 11.7 Å². The van der Waals surface area contributed by atoms with E-state index in [-0.39, 0.29) is 5.91 Å². The Morgan fingerprint density at radius 3 is 2.74 bits per heavy atom. The van der Waals surface area contributed by atoms with Crippen molar-refractivity contribution in [2.24, 2.45) is 0 Å². The number of piperazine rings is 1. The predicted molar refractivity (Wildman–Crippen MR) is 73.9 cm³/mol. The lowest BCUT2D eigenvalue weighted by molar-refractivity contribution is -0.136. The third-order valence-corrected chi connectivity index (χ3v) is 3.73. The molecule has 1 N–H and O–H groups in total. The molecule has 0 spiro atoms. The van der Waals surface area contributed by atoms with Gasteiger partial charge in [-0.2, -0.15) is 0 Å². The molecule has 1 aromatic heterocycles. The lowest BCUT2D eigenvalue weighted by atomic mass is 9.97. The fourth-order valence-electron chi connectivity index (χ4n) is 2.46. The van der Waals surface area contributed by atoms with E-state index in [0.717, 1.165) is 17.9 Å². The van der Waals surface area contributed by atoms with Gasteiger partial charge in [-0.25, -0.2) is 4.98 Å². The summed E-state index contributed by atoms with van der Waals surface area (Å²) in [7, 11) is 1.82. The van der Waals surface area contributed by atoms with E-state index in [1.807, 2.05) is 31.9 Å². The van der Waals surface area contributed by atoms with Gasteiger partial charge < -0.3 is 14.9 Å². The number of anilines is 1. The lowest BCUT2D eigenvalue weighted by Crippen LogP contribution is -2.62. The number of hydrogen-bond acceptors (Lipinski definition) is 4. The molecule has 1 atom stereocenters. The van der Waals surface area contributed by atoms with Crippen LogP contribution in [0, 0.1) is 0 Å². The molecule has 0 radical (unpaired) electrons. The smallest absolute Gasteiger partial charge is 0.247 e. The first kappa shape index (κ1) is 13.8. The number of carbonyl (C=O) groups excluding carboxylic acids is 1. The summed E-state index contributed by atoms with van der Waals surface area (Å²) < 4.78 is 0. The Hall–Kier alpha value is -1.62. The quantitative estimate of drug-likeness (QED) is 0.871. The van der Waals surface area contributed by atoms with Crippen LogP contribution in [0.3, 0.4) is 0 Å². The Morgan fingerprint density at radius 2 is 2.11 bits per heavy atom. The number of hydrogen-bond donors (Lipinski definition) is 1. The number of nitrogens with zero attached hydrogens (tertiary/aromatic N) is 3.